The molecule has 5 heterocycles. The number of likely N-dealkylation sites (tertiary alicyclic amines) is 3. The van der Waals surface area contributed by atoms with Crippen LogP contribution in [0.15, 0.2) is 54.7 Å². The number of aromatic nitrogens is 3. The maximum Gasteiger partial charge on any atom is 0.434 e. The molecule has 2 atom stereocenters. The Hall–Kier alpha value is -4.13. The molecule has 256 valence electrons. The largest absolute Gasteiger partial charge is 0.443 e. The number of likely N-dealkylation sites (N-methyl/N-ethyl adjacent to an activating group) is 1. The lowest BCUT2D eigenvalue weighted by Crippen LogP contribution is -2.55. The number of amides is 1. The molecule has 2 aromatic heterocycles. The van der Waals surface area contributed by atoms with Gasteiger partial charge in [-0.1, -0.05) is 48.0 Å². The van der Waals surface area contributed by atoms with Gasteiger partial charge in [0.2, 0.25) is 5.91 Å². The monoisotopic (exact) mass is 692 g/mol. The summed E-state index contributed by atoms with van der Waals surface area (Å²) in [5.41, 5.74) is 0.775. The molecule has 1 unspecified atom stereocenters. The number of alkyl halides is 2. The summed E-state index contributed by atoms with van der Waals surface area (Å²) in [6.07, 6.45) is 9.46. The highest BCUT2D eigenvalue weighted by molar-refractivity contribution is 6.36. The number of halogens is 4. The third-order valence-corrected chi connectivity index (χ3v) is 9.98. The Balaban J connectivity index is 1.18. The Morgan fingerprint density at radius 3 is 2.69 bits per heavy atom. The summed E-state index contributed by atoms with van der Waals surface area (Å²) in [5, 5.41) is 2.49. The van der Waals surface area contributed by atoms with Crippen molar-refractivity contribution in [2.24, 2.45) is 5.92 Å². The second-order valence-electron chi connectivity index (χ2n) is 13.3. The number of ether oxygens (including phenoxy) is 1. The Labute approximate surface area is 287 Å². The third kappa shape index (κ3) is 6.99. The molecule has 3 saturated heterocycles. The van der Waals surface area contributed by atoms with E-state index in [-0.39, 0.29) is 48.2 Å². The fourth-order valence-corrected chi connectivity index (χ4v) is 7.32. The van der Waals surface area contributed by atoms with Crippen molar-refractivity contribution in [2.45, 2.75) is 31.2 Å². The summed E-state index contributed by atoms with van der Waals surface area (Å²) in [5.74, 6) is -2.95. The van der Waals surface area contributed by atoms with Crippen LogP contribution in [-0.2, 0) is 4.79 Å². The van der Waals surface area contributed by atoms with E-state index in [2.05, 4.69) is 21.9 Å². The molecular formula is C36H38ClF3N7O2+. The minimum atomic E-state index is -2.63. The standard InChI is InChI=1S/C36H38ClF3N7O2/c1-44-14-5-9-25(44)20-49-35-42-33-27(17-41-32(31(33)38)26-10-3-7-24-8-4-11-28(37)30(24)26)34(43-35)45(2)18-23-13-16-47(19-23)29(48)12-6-15-46-21-36(39,40)22-46/h3-4,6-8,10-12,17-18,23,25H,5,9,13-16,19-22H2,1-2H3/q+1/b12-6+,45-18-/t23?,25-/m0/s1. The number of pyridine rings is 1. The van der Waals surface area contributed by atoms with Crippen LogP contribution in [-0.4, -0.2) is 118 Å². The Kier molecular flexibility index (Phi) is 9.29. The van der Waals surface area contributed by atoms with Crippen LogP contribution >= 0.6 is 11.6 Å². The zero-order chi connectivity index (χ0) is 34.3. The van der Waals surface area contributed by atoms with E-state index in [4.69, 9.17) is 21.3 Å². The number of nitrogens with zero attached hydrogens (tertiary/aromatic N) is 7. The van der Waals surface area contributed by atoms with Gasteiger partial charge in [-0.2, -0.15) is 4.98 Å². The summed E-state index contributed by atoms with van der Waals surface area (Å²) < 4.78 is 50.8. The molecule has 4 aromatic rings. The van der Waals surface area contributed by atoms with Crippen molar-refractivity contribution in [2.75, 3.05) is 60.0 Å². The molecule has 3 aliphatic heterocycles. The fraction of sp³-hybridized carbons (Fsp3) is 0.417. The highest BCUT2D eigenvalue weighted by Crippen LogP contribution is 2.37. The van der Waals surface area contributed by atoms with Gasteiger partial charge in [-0.05, 0) is 44.3 Å². The molecule has 3 aliphatic rings. The summed E-state index contributed by atoms with van der Waals surface area (Å²) in [4.78, 5) is 32.3. The van der Waals surface area contributed by atoms with Gasteiger partial charge < -0.3 is 14.5 Å². The molecule has 7 rings (SSSR count). The minimum absolute atomic E-state index is 0.00727. The topological polar surface area (TPSA) is 77.7 Å². The van der Waals surface area contributed by atoms with Crippen LogP contribution in [0.3, 0.4) is 0 Å². The first-order chi connectivity index (χ1) is 23.6. The van der Waals surface area contributed by atoms with E-state index >= 15 is 4.39 Å². The van der Waals surface area contributed by atoms with E-state index in [9.17, 15) is 13.6 Å². The van der Waals surface area contributed by atoms with Crippen LogP contribution in [0.4, 0.5) is 19.0 Å². The van der Waals surface area contributed by atoms with Crippen LogP contribution in [0.25, 0.3) is 32.9 Å². The molecule has 0 aliphatic carbocycles. The van der Waals surface area contributed by atoms with Crippen molar-refractivity contribution in [3.63, 3.8) is 0 Å². The first-order valence-corrected chi connectivity index (χ1v) is 16.9. The van der Waals surface area contributed by atoms with Gasteiger partial charge in [-0.3, -0.25) is 14.7 Å². The smallest absolute Gasteiger partial charge is 0.434 e. The van der Waals surface area contributed by atoms with Gasteiger partial charge in [-0.15, -0.1) is 0 Å². The lowest BCUT2D eigenvalue weighted by Gasteiger charge is -2.37. The van der Waals surface area contributed by atoms with Crippen LogP contribution in [0.2, 0.25) is 5.02 Å². The number of benzene rings is 2. The summed E-state index contributed by atoms with van der Waals surface area (Å²) in [7, 11) is 3.89. The lowest BCUT2D eigenvalue weighted by atomic mass is 10.0. The zero-order valence-electron chi connectivity index (χ0n) is 27.5. The summed E-state index contributed by atoms with van der Waals surface area (Å²) in [6.45, 7) is 2.16. The van der Waals surface area contributed by atoms with E-state index in [1.807, 2.05) is 42.1 Å². The molecular weight excluding hydrogens is 655 g/mol. The van der Waals surface area contributed by atoms with Gasteiger partial charge in [0.15, 0.2) is 5.82 Å². The predicted octanol–water partition coefficient (Wildman–Crippen LogP) is 5.81. The van der Waals surface area contributed by atoms with Gasteiger partial charge in [0, 0.05) is 64.8 Å². The maximum atomic E-state index is 16.6. The fourth-order valence-electron chi connectivity index (χ4n) is 7.04. The molecule has 9 nitrogen and oxygen atoms in total. The molecule has 2 aromatic carbocycles. The van der Waals surface area contributed by atoms with Crippen molar-refractivity contribution in [3.05, 3.63) is 65.6 Å². The molecule has 1 amide bonds. The van der Waals surface area contributed by atoms with Crippen LogP contribution < -0.4 is 4.74 Å². The summed E-state index contributed by atoms with van der Waals surface area (Å²) >= 11 is 6.59. The van der Waals surface area contributed by atoms with Gasteiger partial charge in [-0.25, -0.2) is 17.7 Å². The number of hydrogen-bond donors (Lipinski definition) is 0. The van der Waals surface area contributed by atoms with E-state index in [1.165, 1.54) is 6.08 Å². The average Bonchev–Trinajstić information content (AvgIpc) is 3.71. The maximum absolute atomic E-state index is 16.6. The minimum Gasteiger partial charge on any atom is -0.443 e. The zero-order valence-corrected chi connectivity index (χ0v) is 28.2. The number of rotatable bonds is 9. The second kappa shape index (κ2) is 13.6. The number of carbonyl (C=O) groups excluding carboxylic acids is 1. The SMILES string of the molecule is CN1CCC[C@H]1COc1nc(/[N+](C)=C\C2CCN(C(=O)/C=C/CN3CC(F)(F)C3)C2)c2cnc(-c3cccc4cccc(Cl)c34)c(F)c2n1. The molecule has 3 fully saturated rings. The average molecular weight is 693 g/mol. The molecule has 0 saturated carbocycles. The third-order valence-electron chi connectivity index (χ3n) is 9.67. The van der Waals surface area contributed by atoms with E-state index in [1.54, 1.807) is 34.2 Å². The highest BCUT2D eigenvalue weighted by atomic mass is 35.5. The molecule has 0 N–H and O–H groups in total. The molecule has 0 bridgehead atoms. The van der Waals surface area contributed by atoms with Crippen molar-refractivity contribution in [1.82, 2.24) is 29.7 Å². The predicted molar refractivity (Wildman–Crippen MR) is 184 cm³/mol. The van der Waals surface area contributed by atoms with E-state index in [0.29, 0.717) is 53.4 Å². The van der Waals surface area contributed by atoms with Gasteiger partial charge in [0.25, 0.3) is 5.92 Å². The molecule has 0 radical (unpaired) electrons. The molecule has 49 heavy (non-hydrogen) atoms. The van der Waals surface area contributed by atoms with Crippen molar-refractivity contribution in [1.29, 1.82) is 0 Å². The second-order valence-corrected chi connectivity index (χ2v) is 13.7. The van der Waals surface area contributed by atoms with Crippen molar-refractivity contribution >= 4 is 51.2 Å². The Morgan fingerprint density at radius 2 is 1.94 bits per heavy atom. The molecule has 13 heteroatoms. The molecule has 0 spiro atoms. The highest BCUT2D eigenvalue weighted by Gasteiger charge is 2.43. The normalized spacial score (nSPS) is 21.7. The van der Waals surface area contributed by atoms with E-state index < -0.39 is 11.7 Å². The number of carbonyl (C=O) groups is 1. The Bertz CT molecular complexity index is 1960. The van der Waals surface area contributed by atoms with Crippen LogP contribution in [0, 0.1) is 11.7 Å². The quantitative estimate of drug-likeness (QED) is 0.125. The van der Waals surface area contributed by atoms with Gasteiger partial charge >= 0.3 is 11.8 Å². The van der Waals surface area contributed by atoms with E-state index in [0.717, 1.165) is 31.2 Å². The van der Waals surface area contributed by atoms with Gasteiger partial charge in [0.1, 0.15) is 23.2 Å². The Morgan fingerprint density at radius 1 is 1.14 bits per heavy atom. The van der Waals surface area contributed by atoms with Crippen molar-refractivity contribution < 1.29 is 27.3 Å². The van der Waals surface area contributed by atoms with Crippen molar-refractivity contribution in [3.8, 4) is 17.3 Å². The van der Waals surface area contributed by atoms with Gasteiger partial charge in [0.05, 0.1) is 26.4 Å². The summed E-state index contributed by atoms with van der Waals surface area (Å²) in [6, 6.07) is 11.4. The number of fused-ring (bicyclic) bond motifs is 2. The lowest BCUT2D eigenvalue weighted by molar-refractivity contribution is -0.405. The first kappa shape index (κ1) is 33.4. The number of hydrogen-bond acceptors (Lipinski definition) is 7. The first-order valence-electron chi connectivity index (χ1n) is 16.6. The van der Waals surface area contributed by atoms with Crippen LogP contribution in [0.5, 0.6) is 6.01 Å². The van der Waals surface area contributed by atoms with Crippen LogP contribution in [0.1, 0.15) is 19.3 Å².